The molecule has 1 N–H and O–H groups in total. The van der Waals surface area contributed by atoms with Crippen LogP contribution >= 0.6 is 24.0 Å². The minimum atomic E-state index is -0.0763. The number of carbonyl (C=O) groups excluding carboxylic acids is 2. The average Bonchev–Trinajstić information content (AvgIpc) is 3.21. The van der Waals surface area contributed by atoms with Gasteiger partial charge in [0.25, 0.3) is 5.91 Å². The van der Waals surface area contributed by atoms with Crippen LogP contribution in [0.25, 0.3) is 17.0 Å². The Balaban J connectivity index is 1.67. The first kappa shape index (κ1) is 21.1. The molecule has 1 aromatic carbocycles. The second-order valence-corrected chi connectivity index (χ2v) is 9.70. The van der Waals surface area contributed by atoms with Crippen molar-refractivity contribution < 1.29 is 9.59 Å². The minimum Gasteiger partial charge on any atom is -0.352 e. The molecular weight excluding hydrogens is 414 g/mol. The van der Waals surface area contributed by atoms with Gasteiger partial charge in [-0.15, -0.1) is 0 Å². The molecule has 7 heteroatoms. The van der Waals surface area contributed by atoms with Gasteiger partial charge in [-0.05, 0) is 30.9 Å². The number of carbonyl (C=O) groups is 2. The highest BCUT2D eigenvalue weighted by molar-refractivity contribution is 8.26. The van der Waals surface area contributed by atoms with E-state index in [-0.39, 0.29) is 18.4 Å². The first-order valence-corrected chi connectivity index (χ1v) is 11.8. The van der Waals surface area contributed by atoms with Crippen molar-refractivity contribution in [2.75, 3.05) is 7.05 Å². The van der Waals surface area contributed by atoms with E-state index in [0.717, 1.165) is 35.7 Å². The molecule has 2 heterocycles. The summed E-state index contributed by atoms with van der Waals surface area (Å²) in [6, 6.07) is 6.50. The Labute approximate surface area is 186 Å². The van der Waals surface area contributed by atoms with E-state index in [1.54, 1.807) is 7.05 Å². The average molecular weight is 442 g/mol. The van der Waals surface area contributed by atoms with E-state index < -0.39 is 0 Å². The fraction of sp³-hybridized carbons (Fsp3) is 0.435. The molecule has 2 aliphatic rings. The molecule has 1 saturated heterocycles. The lowest BCUT2D eigenvalue weighted by Gasteiger charge is -2.23. The topological polar surface area (TPSA) is 54.3 Å². The number of likely N-dealkylation sites (N-methyl/N-ethyl adjacent to an activating group) is 1. The second kappa shape index (κ2) is 8.94. The third kappa shape index (κ3) is 4.18. The lowest BCUT2D eigenvalue weighted by atomic mass is 9.95. The van der Waals surface area contributed by atoms with Crippen LogP contribution in [0.3, 0.4) is 0 Å². The van der Waals surface area contributed by atoms with E-state index in [4.69, 9.17) is 12.2 Å². The number of amides is 2. The van der Waals surface area contributed by atoms with Crippen LogP contribution < -0.4 is 5.32 Å². The molecule has 2 aromatic rings. The third-order valence-corrected chi connectivity index (χ3v) is 7.44. The quantitative estimate of drug-likeness (QED) is 0.549. The van der Waals surface area contributed by atoms with Crippen LogP contribution in [0.5, 0.6) is 0 Å². The first-order chi connectivity index (χ1) is 14.5. The number of fused-ring (bicyclic) bond motifs is 1. The number of nitrogens with one attached hydrogen (secondary N) is 1. The Hall–Kier alpha value is -2.12. The van der Waals surface area contributed by atoms with Gasteiger partial charge in [-0.3, -0.25) is 14.5 Å². The number of thiocarbonyl (C=S) groups is 1. The van der Waals surface area contributed by atoms with E-state index >= 15 is 0 Å². The van der Waals surface area contributed by atoms with Crippen molar-refractivity contribution in [2.24, 2.45) is 0 Å². The van der Waals surface area contributed by atoms with Gasteiger partial charge >= 0.3 is 0 Å². The predicted molar refractivity (Wildman–Crippen MR) is 127 cm³/mol. The summed E-state index contributed by atoms with van der Waals surface area (Å²) in [6.45, 7) is 2.41. The summed E-state index contributed by atoms with van der Waals surface area (Å²) in [5, 5.41) is 4.27. The molecule has 1 aliphatic carbocycles. The number of hydrogen-bond acceptors (Lipinski definition) is 4. The maximum Gasteiger partial charge on any atom is 0.265 e. The molecule has 2 fully saturated rings. The van der Waals surface area contributed by atoms with Gasteiger partial charge in [0, 0.05) is 30.2 Å². The van der Waals surface area contributed by atoms with E-state index in [9.17, 15) is 9.59 Å². The number of benzene rings is 1. The van der Waals surface area contributed by atoms with Crippen molar-refractivity contribution >= 4 is 57.1 Å². The zero-order valence-electron chi connectivity index (χ0n) is 17.4. The van der Waals surface area contributed by atoms with Crippen molar-refractivity contribution in [1.29, 1.82) is 0 Å². The molecule has 1 saturated carbocycles. The molecule has 30 heavy (non-hydrogen) atoms. The lowest BCUT2D eigenvalue weighted by molar-refractivity contribution is -0.122. The van der Waals surface area contributed by atoms with Gasteiger partial charge in [0.2, 0.25) is 5.91 Å². The van der Waals surface area contributed by atoms with E-state index in [2.05, 4.69) is 24.4 Å². The fourth-order valence-corrected chi connectivity index (χ4v) is 5.52. The summed E-state index contributed by atoms with van der Waals surface area (Å²) >= 11 is 6.58. The van der Waals surface area contributed by atoms with Gasteiger partial charge in [0.15, 0.2) is 0 Å². The zero-order valence-corrected chi connectivity index (χ0v) is 19.1. The standard InChI is InChI=1S/C23H27N3O2S2/c1-3-15-8-7-11-18-16(12-19-22(28)25(2)23(29)30-19)13-26(21(15)18)14-20(27)24-17-9-5-4-6-10-17/h7-8,11-13,17H,3-6,9-10,14H2,1-2H3,(H,24,27)/b19-12-. The second-order valence-electron chi connectivity index (χ2n) is 8.02. The monoisotopic (exact) mass is 441 g/mol. The highest BCUT2D eigenvalue weighted by atomic mass is 32.2. The molecule has 0 spiro atoms. The molecule has 0 bridgehead atoms. The molecule has 0 atom stereocenters. The number of rotatable bonds is 5. The molecule has 1 aromatic heterocycles. The van der Waals surface area contributed by atoms with Crippen molar-refractivity contribution in [2.45, 2.75) is 58.0 Å². The number of hydrogen-bond donors (Lipinski definition) is 1. The Kier molecular flexibility index (Phi) is 6.29. The minimum absolute atomic E-state index is 0.0520. The molecule has 158 valence electrons. The van der Waals surface area contributed by atoms with Crippen molar-refractivity contribution in [1.82, 2.24) is 14.8 Å². The van der Waals surface area contributed by atoms with Gasteiger partial charge in [-0.1, -0.05) is 68.4 Å². The molecule has 1 aliphatic heterocycles. The highest BCUT2D eigenvalue weighted by Gasteiger charge is 2.29. The molecular formula is C23H27N3O2S2. The van der Waals surface area contributed by atoms with Crippen LogP contribution in [0.4, 0.5) is 0 Å². The maximum atomic E-state index is 12.8. The van der Waals surface area contributed by atoms with Crippen molar-refractivity contribution in [3.8, 4) is 0 Å². The molecule has 5 nitrogen and oxygen atoms in total. The SMILES string of the molecule is CCc1cccc2c(/C=C3\SC(=S)N(C)C3=O)cn(CC(=O)NC3CCCCC3)c12. The first-order valence-electron chi connectivity index (χ1n) is 10.6. The van der Waals surface area contributed by atoms with Gasteiger partial charge in [0.05, 0.1) is 10.4 Å². The van der Waals surface area contributed by atoms with E-state index in [1.807, 2.05) is 22.9 Å². The van der Waals surface area contributed by atoms with Gasteiger partial charge in [0.1, 0.15) is 10.9 Å². The summed E-state index contributed by atoms with van der Waals surface area (Å²) in [5.41, 5.74) is 3.21. The Morgan fingerprint density at radius 2 is 2.07 bits per heavy atom. The number of aryl methyl sites for hydroxylation is 1. The normalized spacial score (nSPS) is 19.3. The van der Waals surface area contributed by atoms with Crippen LogP contribution in [-0.2, 0) is 22.6 Å². The zero-order chi connectivity index (χ0) is 21.3. The van der Waals surface area contributed by atoms with Crippen LogP contribution in [-0.4, -0.2) is 38.7 Å². The van der Waals surface area contributed by atoms with Crippen LogP contribution in [0.1, 0.15) is 50.2 Å². The van der Waals surface area contributed by atoms with E-state index in [1.165, 1.54) is 41.5 Å². The summed E-state index contributed by atoms with van der Waals surface area (Å²) in [4.78, 5) is 27.4. The van der Waals surface area contributed by atoms with Crippen LogP contribution in [0, 0.1) is 0 Å². The lowest BCUT2D eigenvalue weighted by Crippen LogP contribution is -2.38. The number of nitrogens with zero attached hydrogens (tertiary/aromatic N) is 2. The molecule has 0 unspecified atom stereocenters. The fourth-order valence-electron chi connectivity index (χ4n) is 4.35. The van der Waals surface area contributed by atoms with Crippen LogP contribution in [0.2, 0.25) is 0 Å². The van der Waals surface area contributed by atoms with Crippen molar-refractivity contribution in [3.63, 3.8) is 0 Å². The number of thioether (sulfide) groups is 1. The number of aromatic nitrogens is 1. The molecule has 4 rings (SSSR count). The van der Waals surface area contributed by atoms with Crippen molar-refractivity contribution in [3.05, 3.63) is 40.4 Å². The summed E-state index contributed by atoms with van der Waals surface area (Å²) < 4.78 is 2.60. The largest absolute Gasteiger partial charge is 0.352 e. The summed E-state index contributed by atoms with van der Waals surface area (Å²) in [5.74, 6) is -0.0243. The van der Waals surface area contributed by atoms with E-state index in [0.29, 0.717) is 15.3 Å². The Bertz CT molecular complexity index is 1030. The highest BCUT2D eigenvalue weighted by Crippen LogP contribution is 2.34. The molecule has 2 amide bonds. The summed E-state index contributed by atoms with van der Waals surface area (Å²) in [6.07, 6.45) is 10.6. The summed E-state index contributed by atoms with van der Waals surface area (Å²) in [7, 11) is 1.70. The Morgan fingerprint density at radius 1 is 1.30 bits per heavy atom. The van der Waals surface area contributed by atoms with Crippen LogP contribution in [0.15, 0.2) is 29.3 Å². The molecule has 0 radical (unpaired) electrons. The van der Waals surface area contributed by atoms with Gasteiger partial charge in [-0.25, -0.2) is 0 Å². The predicted octanol–water partition coefficient (Wildman–Crippen LogP) is 4.48. The van der Waals surface area contributed by atoms with Gasteiger partial charge in [-0.2, -0.15) is 0 Å². The maximum absolute atomic E-state index is 12.8. The Morgan fingerprint density at radius 3 is 2.73 bits per heavy atom. The van der Waals surface area contributed by atoms with Gasteiger partial charge < -0.3 is 9.88 Å². The number of para-hydroxylation sites is 1. The third-order valence-electron chi connectivity index (χ3n) is 5.95. The smallest absolute Gasteiger partial charge is 0.265 e.